The smallest absolute Gasteiger partial charge is 0.268 e. The lowest BCUT2D eigenvalue weighted by atomic mass is 10.2. The minimum Gasteiger partial charge on any atom is -0.321 e. The molecule has 7 heteroatoms. The molecule has 0 aliphatic heterocycles. The number of rotatable bonds is 3. The number of carbonyl (C=O) groups excluding carboxylic acids is 1. The third-order valence-corrected chi connectivity index (χ3v) is 5.28. The van der Waals surface area contributed by atoms with Crippen molar-refractivity contribution < 1.29 is 4.79 Å². The zero-order valence-electron chi connectivity index (χ0n) is 12.3. The summed E-state index contributed by atoms with van der Waals surface area (Å²) in [5.41, 5.74) is 5.34. The standard InChI is InChI=1S/C17H11BrN4OS/c18-16-15(24-10-20-16)17(23)21-11-5-7-12(8-6-11)22-9-19-13-3-1-2-4-14(13)22/h1-10H,(H,21,23). The van der Waals surface area contributed by atoms with E-state index in [1.165, 1.54) is 11.3 Å². The second-order valence-electron chi connectivity index (χ2n) is 5.08. The van der Waals surface area contributed by atoms with E-state index in [0.717, 1.165) is 22.4 Å². The number of nitrogens with zero attached hydrogens (tertiary/aromatic N) is 3. The molecule has 2 heterocycles. The molecule has 0 unspecified atom stereocenters. The van der Waals surface area contributed by atoms with E-state index in [0.29, 0.717) is 9.48 Å². The first kappa shape index (κ1) is 15.0. The highest BCUT2D eigenvalue weighted by atomic mass is 79.9. The number of halogens is 1. The van der Waals surface area contributed by atoms with E-state index in [-0.39, 0.29) is 5.91 Å². The number of hydrogen-bond donors (Lipinski definition) is 1. The Morgan fingerprint density at radius 3 is 2.62 bits per heavy atom. The topological polar surface area (TPSA) is 59.8 Å². The number of carbonyl (C=O) groups is 1. The molecule has 0 atom stereocenters. The SMILES string of the molecule is O=C(Nc1ccc(-n2cnc3ccccc32)cc1)c1scnc1Br. The lowest BCUT2D eigenvalue weighted by Gasteiger charge is -2.07. The fourth-order valence-electron chi connectivity index (χ4n) is 2.44. The minimum atomic E-state index is -0.176. The van der Waals surface area contributed by atoms with Crippen LogP contribution < -0.4 is 5.32 Å². The molecule has 24 heavy (non-hydrogen) atoms. The van der Waals surface area contributed by atoms with E-state index < -0.39 is 0 Å². The average Bonchev–Trinajstić information content (AvgIpc) is 3.22. The van der Waals surface area contributed by atoms with Gasteiger partial charge in [0.15, 0.2) is 0 Å². The molecule has 0 fully saturated rings. The van der Waals surface area contributed by atoms with Gasteiger partial charge >= 0.3 is 0 Å². The lowest BCUT2D eigenvalue weighted by Crippen LogP contribution is -2.10. The van der Waals surface area contributed by atoms with Crippen LogP contribution in [-0.4, -0.2) is 20.4 Å². The van der Waals surface area contributed by atoms with Gasteiger partial charge in [-0.3, -0.25) is 9.36 Å². The normalized spacial score (nSPS) is 10.9. The van der Waals surface area contributed by atoms with Crippen molar-refractivity contribution in [3.8, 4) is 5.69 Å². The number of nitrogens with one attached hydrogen (secondary N) is 1. The Bertz CT molecular complexity index is 1020. The molecular formula is C17H11BrN4OS. The van der Waals surface area contributed by atoms with Gasteiger partial charge in [-0.15, -0.1) is 11.3 Å². The van der Waals surface area contributed by atoms with Crippen molar-refractivity contribution in [1.82, 2.24) is 14.5 Å². The number of amides is 1. The maximum atomic E-state index is 12.2. The Kier molecular flexibility index (Phi) is 3.87. The number of para-hydroxylation sites is 2. The van der Waals surface area contributed by atoms with Gasteiger partial charge in [0, 0.05) is 11.4 Å². The van der Waals surface area contributed by atoms with Crippen LogP contribution in [0.3, 0.4) is 0 Å². The predicted molar refractivity (Wildman–Crippen MR) is 98.8 cm³/mol. The number of thiazole rings is 1. The molecule has 0 radical (unpaired) electrons. The molecule has 0 bridgehead atoms. The molecule has 5 nitrogen and oxygen atoms in total. The van der Waals surface area contributed by atoms with Gasteiger partial charge in [0.25, 0.3) is 5.91 Å². The number of benzene rings is 2. The number of imidazole rings is 1. The van der Waals surface area contributed by atoms with Crippen molar-refractivity contribution in [2.24, 2.45) is 0 Å². The van der Waals surface area contributed by atoms with Gasteiger partial charge in [0.1, 0.15) is 15.8 Å². The van der Waals surface area contributed by atoms with Crippen molar-refractivity contribution in [2.45, 2.75) is 0 Å². The Hall–Kier alpha value is -2.51. The highest BCUT2D eigenvalue weighted by Crippen LogP contribution is 2.22. The first-order chi connectivity index (χ1) is 11.7. The number of fused-ring (bicyclic) bond motifs is 1. The second-order valence-corrected chi connectivity index (χ2v) is 6.68. The summed E-state index contributed by atoms with van der Waals surface area (Å²) >= 11 is 4.57. The summed E-state index contributed by atoms with van der Waals surface area (Å²) in [5, 5.41) is 2.87. The summed E-state index contributed by atoms with van der Waals surface area (Å²) in [7, 11) is 0. The van der Waals surface area contributed by atoms with Crippen LogP contribution in [0.2, 0.25) is 0 Å². The van der Waals surface area contributed by atoms with Crippen molar-refractivity contribution in [1.29, 1.82) is 0 Å². The molecule has 2 aromatic heterocycles. The van der Waals surface area contributed by atoms with Crippen LogP contribution in [0, 0.1) is 0 Å². The van der Waals surface area contributed by atoms with Crippen LogP contribution in [0.1, 0.15) is 9.67 Å². The third-order valence-electron chi connectivity index (χ3n) is 3.59. The molecule has 0 aliphatic rings. The maximum absolute atomic E-state index is 12.2. The quantitative estimate of drug-likeness (QED) is 0.552. The van der Waals surface area contributed by atoms with Gasteiger partial charge in [-0.1, -0.05) is 12.1 Å². The molecule has 0 aliphatic carbocycles. The zero-order valence-corrected chi connectivity index (χ0v) is 14.7. The van der Waals surface area contributed by atoms with Crippen molar-refractivity contribution in [3.05, 3.63) is 69.8 Å². The molecule has 0 spiro atoms. The van der Waals surface area contributed by atoms with Gasteiger partial charge in [-0.05, 0) is 52.3 Å². The van der Waals surface area contributed by atoms with Crippen molar-refractivity contribution in [3.63, 3.8) is 0 Å². The summed E-state index contributed by atoms with van der Waals surface area (Å²) < 4.78 is 2.58. The molecular weight excluding hydrogens is 388 g/mol. The molecule has 118 valence electrons. The van der Waals surface area contributed by atoms with Crippen LogP contribution in [0.4, 0.5) is 5.69 Å². The first-order valence-electron chi connectivity index (χ1n) is 7.15. The van der Waals surface area contributed by atoms with Crippen LogP contribution in [0.15, 0.2) is 65.0 Å². The van der Waals surface area contributed by atoms with Gasteiger partial charge in [0.2, 0.25) is 0 Å². The Morgan fingerprint density at radius 1 is 1.08 bits per heavy atom. The molecule has 2 aromatic carbocycles. The van der Waals surface area contributed by atoms with E-state index >= 15 is 0 Å². The monoisotopic (exact) mass is 398 g/mol. The summed E-state index contributed by atoms with van der Waals surface area (Å²) in [4.78, 5) is 21.2. The molecule has 0 saturated carbocycles. The van der Waals surface area contributed by atoms with E-state index in [1.54, 1.807) is 11.8 Å². The van der Waals surface area contributed by atoms with Gasteiger partial charge in [0.05, 0.1) is 16.5 Å². The van der Waals surface area contributed by atoms with Gasteiger partial charge < -0.3 is 5.32 Å². The maximum Gasteiger partial charge on any atom is 0.268 e. The first-order valence-corrected chi connectivity index (χ1v) is 8.82. The molecule has 1 amide bonds. The third kappa shape index (κ3) is 2.72. The minimum absolute atomic E-state index is 0.176. The summed E-state index contributed by atoms with van der Waals surface area (Å²) in [6, 6.07) is 15.6. The van der Waals surface area contributed by atoms with Crippen LogP contribution in [0.25, 0.3) is 16.7 Å². The number of hydrogen-bond acceptors (Lipinski definition) is 4. The van der Waals surface area contributed by atoms with E-state index in [4.69, 9.17) is 0 Å². The van der Waals surface area contributed by atoms with E-state index in [2.05, 4.69) is 31.2 Å². The zero-order chi connectivity index (χ0) is 16.5. The number of aromatic nitrogens is 3. The van der Waals surface area contributed by atoms with E-state index in [1.807, 2.05) is 53.1 Å². The summed E-state index contributed by atoms with van der Waals surface area (Å²) in [6.45, 7) is 0. The molecule has 0 saturated heterocycles. The van der Waals surface area contributed by atoms with Crippen LogP contribution >= 0.6 is 27.3 Å². The Labute approximate surface area is 150 Å². The van der Waals surface area contributed by atoms with Crippen LogP contribution in [-0.2, 0) is 0 Å². The lowest BCUT2D eigenvalue weighted by molar-refractivity contribution is 0.102. The van der Waals surface area contributed by atoms with Crippen LogP contribution in [0.5, 0.6) is 0 Å². The fourth-order valence-corrected chi connectivity index (χ4v) is 3.71. The Morgan fingerprint density at radius 2 is 1.88 bits per heavy atom. The fraction of sp³-hybridized carbons (Fsp3) is 0. The highest BCUT2D eigenvalue weighted by molar-refractivity contribution is 9.10. The second kappa shape index (κ2) is 6.18. The molecule has 1 N–H and O–H groups in total. The van der Waals surface area contributed by atoms with Gasteiger partial charge in [-0.2, -0.15) is 0 Å². The predicted octanol–water partition coefficient (Wildman–Crippen LogP) is 4.50. The number of anilines is 1. The largest absolute Gasteiger partial charge is 0.321 e. The summed E-state index contributed by atoms with van der Waals surface area (Å²) in [5.74, 6) is -0.176. The van der Waals surface area contributed by atoms with Gasteiger partial charge in [-0.25, -0.2) is 9.97 Å². The van der Waals surface area contributed by atoms with E-state index in [9.17, 15) is 4.79 Å². The molecule has 4 rings (SSSR count). The highest BCUT2D eigenvalue weighted by Gasteiger charge is 2.13. The van der Waals surface area contributed by atoms with Crippen molar-refractivity contribution >= 4 is 49.9 Å². The van der Waals surface area contributed by atoms with Crippen molar-refractivity contribution in [2.75, 3.05) is 5.32 Å². The Balaban J connectivity index is 1.59. The summed E-state index contributed by atoms with van der Waals surface area (Å²) in [6.07, 6.45) is 1.80. The molecule has 4 aromatic rings. The average molecular weight is 399 g/mol.